The molecule has 136 valence electrons. The smallest absolute Gasteiger partial charge is 0.240 e. The van der Waals surface area contributed by atoms with Gasteiger partial charge in [0.15, 0.2) is 0 Å². The zero-order valence-electron chi connectivity index (χ0n) is 15.6. The summed E-state index contributed by atoms with van der Waals surface area (Å²) in [6.07, 6.45) is 0.312. The second kappa shape index (κ2) is 7.12. The van der Waals surface area contributed by atoms with Crippen molar-refractivity contribution in [3.8, 4) is 0 Å². The molecular weight excluding hydrogens is 324 g/mol. The fourth-order valence-corrected chi connectivity index (χ4v) is 4.66. The van der Waals surface area contributed by atoms with Gasteiger partial charge >= 0.3 is 0 Å². The molecule has 0 spiro atoms. The van der Waals surface area contributed by atoms with Gasteiger partial charge in [0.2, 0.25) is 10.0 Å². The number of hydrogen-bond acceptors (Lipinski definition) is 4. The van der Waals surface area contributed by atoms with E-state index in [-0.39, 0.29) is 17.7 Å². The summed E-state index contributed by atoms with van der Waals surface area (Å²) < 4.78 is 34.0. The molecule has 1 aromatic rings. The highest BCUT2D eigenvalue weighted by molar-refractivity contribution is 7.89. The number of benzene rings is 1. The molecule has 0 aromatic heterocycles. The SMILES string of the molecule is Cc1ccc(C)c(S(=O)(=O)NCC(C)(C)N2C[C@H](C)O[C@@H](C)C2)c1. The Kier molecular flexibility index (Phi) is 5.75. The maximum atomic E-state index is 12.7. The molecule has 0 unspecified atom stereocenters. The molecule has 1 saturated heterocycles. The van der Waals surface area contributed by atoms with Crippen molar-refractivity contribution in [1.82, 2.24) is 9.62 Å². The number of nitrogens with one attached hydrogen (secondary N) is 1. The summed E-state index contributed by atoms with van der Waals surface area (Å²) in [6, 6.07) is 5.50. The normalized spacial score (nSPS) is 23.4. The van der Waals surface area contributed by atoms with Gasteiger partial charge in [-0.1, -0.05) is 12.1 Å². The van der Waals surface area contributed by atoms with E-state index in [1.807, 2.05) is 26.0 Å². The molecule has 0 saturated carbocycles. The first kappa shape index (κ1) is 19.4. The average Bonchev–Trinajstić information content (AvgIpc) is 2.47. The van der Waals surface area contributed by atoms with Gasteiger partial charge in [-0.25, -0.2) is 13.1 Å². The Morgan fingerprint density at radius 3 is 2.38 bits per heavy atom. The van der Waals surface area contributed by atoms with Gasteiger partial charge in [-0.2, -0.15) is 0 Å². The predicted octanol–water partition coefficient (Wildman–Crippen LogP) is 2.47. The summed E-state index contributed by atoms with van der Waals surface area (Å²) in [7, 11) is -3.52. The van der Waals surface area contributed by atoms with Gasteiger partial charge in [-0.15, -0.1) is 0 Å². The van der Waals surface area contributed by atoms with Crippen molar-refractivity contribution in [2.24, 2.45) is 0 Å². The summed E-state index contributed by atoms with van der Waals surface area (Å²) in [5, 5.41) is 0. The molecule has 5 nitrogen and oxygen atoms in total. The van der Waals surface area contributed by atoms with E-state index < -0.39 is 10.0 Å². The number of sulfonamides is 1. The summed E-state index contributed by atoms with van der Waals surface area (Å²) >= 11 is 0. The van der Waals surface area contributed by atoms with Crippen LogP contribution in [0.1, 0.15) is 38.8 Å². The van der Waals surface area contributed by atoms with Gasteiger partial charge in [-0.05, 0) is 58.7 Å². The molecular formula is C18H30N2O3S. The summed E-state index contributed by atoms with van der Waals surface area (Å²) in [5.41, 5.74) is 1.42. The van der Waals surface area contributed by atoms with E-state index in [0.717, 1.165) is 24.2 Å². The molecule has 1 heterocycles. The minimum absolute atomic E-state index is 0.156. The van der Waals surface area contributed by atoms with E-state index in [0.29, 0.717) is 11.4 Å². The summed E-state index contributed by atoms with van der Waals surface area (Å²) in [4.78, 5) is 2.67. The lowest BCUT2D eigenvalue weighted by Gasteiger charge is -2.45. The van der Waals surface area contributed by atoms with Crippen molar-refractivity contribution in [3.05, 3.63) is 29.3 Å². The number of nitrogens with zero attached hydrogens (tertiary/aromatic N) is 1. The standard InChI is InChI=1S/C18H30N2O3S/c1-13-7-8-14(2)17(9-13)24(21,22)19-12-18(5,6)20-10-15(3)23-16(4)11-20/h7-9,15-16,19H,10-12H2,1-6H3/t15-,16-/m0/s1. The van der Waals surface area contributed by atoms with Gasteiger partial charge in [0.05, 0.1) is 17.1 Å². The molecule has 1 aromatic carbocycles. The Morgan fingerprint density at radius 2 is 1.79 bits per heavy atom. The molecule has 0 bridgehead atoms. The van der Waals surface area contributed by atoms with Crippen LogP contribution in [0.2, 0.25) is 0 Å². The van der Waals surface area contributed by atoms with Crippen molar-refractivity contribution in [1.29, 1.82) is 0 Å². The van der Waals surface area contributed by atoms with Crippen LogP contribution in [0.4, 0.5) is 0 Å². The highest BCUT2D eigenvalue weighted by Crippen LogP contribution is 2.22. The third-order valence-electron chi connectivity index (χ3n) is 4.60. The highest BCUT2D eigenvalue weighted by atomic mass is 32.2. The number of morpholine rings is 1. The number of aryl methyl sites for hydroxylation is 2. The first-order valence-corrected chi connectivity index (χ1v) is 9.97. The molecule has 6 heteroatoms. The number of ether oxygens (including phenoxy) is 1. The van der Waals surface area contributed by atoms with Crippen molar-refractivity contribution >= 4 is 10.0 Å². The van der Waals surface area contributed by atoms with Crippen LogP contribution in [-0.2, 0) is 14.8 Å². The largest absolute Gasteiger partial charge is 0.373 e. The second-order valence-corrected chi connectivity index (χ2v) is 9.30. The lowest BCUT2D eigenvalue weighted by atomic mass is 10.0. The maximum Gasteiger partial charge on any atom is 0.240 e. The molecule has 0 amide bonds. The summed E-state index contributed by atoms with van der Waals surface area (Å²) in [6.45, 7) is 14.0. The van der Waals surface area contributed by atoms with Crippen LogP contribution < -0.4 is 4.72 Å². The molecule has 2 atom stereocenters. The molecule has 24 heavy (non-hydrogen) atoms. The highest BCUT2D eigenvalue weighted by Gasteiger charge is 2.34. The topological polar surface area (TPSA) is 58.6 Å². The van der Waals surface area contributed by atoms with Crippen LogP contribution in [0.5, 0.6) is 0 Å². The van der Waals surface area contributed by atoms with Crippen LogP contribution >= 0.6 is 0 Å². The van der Waals surface area contributed by atoms with Crippen LogP contribution in [0, 0.1) is 13.8 Å². The van der Waals surface area contributed by atoms with Crippen molar-refractivity contribution < 1.29 is 13.2 Å². The first-order valence-electron chi connectivity index (χ1n) is 8.49. The quantitative estimate of drug-likeness (QED) is 0.882. The lowest BCUT2D eigenvalue weighted by Crippen LogP contribution is -2.58. The molecule has 1 aliphatic heterocycles. The van der Waals surface area contributed by atoms with Gasteiger partial charge in [-0.3, -0.25) is 4.90 Å². The van der Waals surface area contributed by atoms with E-state index in [4.69, 9.17) is 4.74 Å². The Balaban J connectivity index is 2.11. The molecule has 0 radical (unpaired) electrons. The van der Waals surface area contributed by atoms with E-state index >= 15 is 0 Å². The number of rotatable bonds is 5. The summed E-state index contributed by atoms with van der Waals surface area (Å²) in [5.74, 6) is 0. The molecule has 1 aliphatic rings. The van der Waals surface area contributed by atoms with Crippen LogP contribution in [0.3, 0.4) is 0 Å². The fourth-order valence-electron chi connectivity index (χ4n) is 3.13. The third kappa shape index (κ3) is 4.57. The minimum Gasteiger partial charge on any atom is -0.373 e. The number of hydrogen-bond donors (Lipinski definition) is 1. The maximum absolute atomic E-state index is 12.7. The monoisotopic (exact) mass is 354 g/mol. The average molecular weight is 355 g/mol. The van der Waals surface area contributed by atoms with Crippen LogP contribution in [0.15, 0.2) is 23.1 Å². The minimum atomic E-state index is -3.52. The van der Waals surface area contributed by atoms with Crippen molar-refractivity contribution in [2.45, 2.75) is 64.2 Å². The molecule has 2 rings (SSSR count). The van der Waals surface area contributed by atoms with E-state index in [1.54, 1.807) is 6.07 Å². The first-order chi connectivity index (χ1) is 11.0. The van der Waals surface area contributed by atoms with Gasteiger partial charge in [0.1, 0.15) is 0 Å². The van der Waals surface area contributed by atoms with E-state index in [9.17, 15) is 8.42 Å². The van der Waals surface area contributed by atoms with Crippen molar-refractivity contribution in [2.75, 3.05) is 19.6 Å². The van der Waals surface area contributed by atoms with Crippen LogP contribution in [-0.4, -0.2) is 50.7 Å². The zero-order valence-corrected chi connectivity index (χ0v) is 16.4. The Labute approximate surface area is 146 Å². The third-order valence-corrected chi connectivity index (χ3v) is 6.15. The Hall–Kier alpha value is -0.950. The van der Waals surface area contributed by atoms with Gasteiger partial charge < -0.3 is 4.74 Å². The van der Waals surface area contributed by atoms with E-state index in [1.165, 1.54) is 0 Å². The van der Waals surface area contributed by atoms with Gasteiger partial charge in [0.25, 0.3) is 0 Å². The molecule has 1 fully saturated rings. The lowest BCUT2D eigenvalue weighted by molar-refractivity contribution is -0.0945. The zero-order chi connectivity index (χ0) is 18.1. The predicted molar refractivity (Wildman–Crippen MR) is 96.8 cm³/mol. The van der Waals surface area contributed by atoms with Crippen LogP contribution in [0.25, 0.3) is 0 Å². The van der Waals surface area contributed by atoms with Crippen molar-refractivity contribution in [3.63, 3.8) is 0 Å². The fraction of sp³-hybridized carbons (Fsp3) is 0.667. The Morgan fingerprint density at radius 1 is 1.21 bits per heavy atom. The van der Waals surface area contributed by atoms with E-state index in [2.05, 4.69) is 37.3 Å². The molecule has 0 aliphatic carbocycles. The second-order valence-electron chi connectivity index (χ2n) is 7.57. The van der Waals surface area contributed by atoms with Gasteiger partial charge in [0, 0.05) is 25.2 Å². The molecule has 1 N–H and O–H groups in total. The Bertz CT molecular complexity index is 676.